The van der Waals surface area contributed by atoms with E-state index in [1.54, 1.807) is 24.3 Å². The van der Waals surface area contributed by atoms with E-state index in [2.05, 4.69) is 0 Å². The molecule has 1 atom stereocenters. The quantitative estimate of drug-likeness (QED) is 0.925. The predicted molar refractivity (Wildman–Crippen MR) is 76.5 cm³/mol. The summed E-state index contributed by atoms with van der Waals surface area (Å²) in [5, 5.41) is 9.61. The van der Waals surface area contributed by atoms with Crippen molar-refractivity contribution in [2.45, 2.75) is 18.9 Å². The summed E-state index contributed by atoms with van der Waals surface area (Å²) in [6.45, 7) is 0. The van der Waals surface area contributed by atoms with Gasteiger partial charge in [-0.2, -0.15) is 0 Å². The van der Waals surface area contributed by atoms with E-state index >= 15 is 0 Å². The van der Waals surface area contributed by atoms with E-state index in [0.29, 0.717) is 5.75 Å². The molecule has 0 heterocycles. The highest BCUT2D eigenvalue weighted by molar-refractivity contribution is 6.30. The molecule has 20 heavy (non-hydrogen) atoms. The zero-order valence-electron chi connectivity index (χ0n) is 10.7. The number of aryl methyl sites for hydroxylation is 1. The third-order valence-corrected chi connectivity index (χ3v) is 3.74. The molecule has 1 aliphatic rings. The second kappa shape index (κ2) is 5.17. The number of benzene rings is 2. The van der Waals surface area contributed by atoms with Crippen LogP contribution in [0.3, 0.4) is 0 Å². The van der Waals surface area contributed by atoms with Crippen LogP contribution in [0.15, 0.2) is 42.5 Å². The van der Waals surface area contributed by atoms with Crippen molar-refractivity contribution in [2.24, 2.45) is 0 Å². The summed E-state index contributed by atoms with van der Waals surface area (Å²) in [5.74, 6) is -0.250. The van der Waals surface area contributed by atoms with Gasteiger partial charge in [-0.25, -0.2) is 4.79 Å². The Bertz CT molecular complexity index is 649. The van der Waals surface area contributed by atoms with Gasteiger partial charge in [0.05, 0.1) is 5.56 Å². The average molecular weight is 289 g/mol. The molecular weight excluding hydrogens is 276 g/mol. The third kappa shape index (κ3) is 2.49. The minimum atomic E-state index is -0.933. The summed E-state index contributed by atoms with van der Waals surface area (Å²) in [6.07, 6.45) is 1.88. The van der Waals surface area contributed by atoms with Crippen molar-refractivity contribution < 1.29 is 14.6 Å². The number of carboxylic acids is 1. The van der Waals surface area contributed by atoms with Crippen molar-refractivity contribution in [3.8, 4) is 5.75 Å². The predicted octanol–water partition coefficient (Wildman–Crippen LogP) is 4.10. The molecule has 0 fully saturated rings. The normalized spacial score (nSPS) is 16.8. The number of hydrogen-bond acceptors (Lipinski definition) is 2. The van der Waals surface area contributed by atoms with Gasteiger partial charge in [-0.1, -0.05) is 17.7 Å². The molecule has 102 valence electrons. The zero-order valence-corrected chi connectivity index (χ0v) is 11.4. The lowest BCUT2D eigenvalue weighted by Gasteiger charge is -2.15. The van der Waals surface area contributed by atoms with E-state index in [1.807, 2.05) is 18.2 Å². The number of ether oxygens (including phenoxy) is 1. The Morgan fingerprint density at radius 3 is 2.65 bits per heavy atom. The van der Waals surface area contributed by atoms with E-state index in [-0.39, 0.29) is 11.7 Å². The molecule has 0 saturated heterocycles. The third-order valence-electron chi connectivity index (χ3n) is 3.51. The smallest absolute Gasteiger partial charge is 0.335 e. The van der Waals surface area contributed by atoms with Gasteiger partial charge in [0.2, 0.25) is 0 Å². The van der Waals surface area contributed by atoms with Crippen LogP contribution in [0, 0.1) is 0 Å². The van der Waals surface area contributed by atoms with Gasteiger partial charge < -0.3 is 9.84 Å². The Hall–Kier alpha value is -2.00. The molecule has 3 nitrogen and oxygen atoms in total. The van der Waals surface area contributed by atoms with Crippen LogP contribution in [0.5, 0.6) is 5.75 Å². The van der Waals surface area contributed by atoms with E-state index < -0.39 is 5.97 Å². The summed E-state index contributed by atoms with van der Waals surface area (Å²) < 4.78 is 5.94. The topological polar surface area (TPSA) is 46.5 Å². The Labute approximate surface area is 121 Å². The summed E-state index contributed by atoms with van der Waals surface area (Å²) in [5.41, 5.74) is 2.65. The van der Waals surface area contributed by atoms with Gasteiger partial charge >= 0.3 is 5.97 Å². The lowest BCUT2D eigenvalue weighted by molar-refractivity contribution is 0.0697. The van der Waals surface area contributed by atoms with Crippen molar-refractivity contribution in [1.29, 1.82) is 0 Å². The largest absolute Gasteiger partial charge is 0.486 e. The molecule has 4 heteroatoms. The highest BCUT2D eigenvalue weighted by Crippen LogP contribution is 2.36. The summed E-state index contributed by atoms with van der Waals surface area (Å²) in [6, 6.07) is 12.3. The van der Waals surface area contributed by atoms with Gasteiger partial charge in [-0.05, 0) is 60.4 Å². The molecule has 0 amide bonds. The molecule has 1 unspecified atom stereocenters. The van der Waals surface area contributed by atoms with Gasteiger partial charge in [0.25, 0.3) is 0 Å². The molecule has 3 rings (SSSR count). The fourth-order valence-electron chi connectivity index (χ4n) is 2.51. The highest BCUT2D eigenvalue weighted by Gasteiger charge is 2.24. The Morgan fingerprint density at radius 1 is 1.20 bits per heavy atom. The van der Waals surface area contributed by atoms with Crippen LogP contribution < -0.4 is 4.74 Å². The lowest BCUT2D eigenvalue weighted by Crippen LogP contribution is -2.04. The molecule has 0 radical (unpaired) electrons. The molecule has 0 saturated carbocycles. The molecule has 1 N–H and O–H groups in total. The van der Waals surface area contributed by atoms with Gasteiger partial charge in [-0.3, -0.25) is 0 Å². The first-order valence-corrected chi connectivity index (χ1v) is 6.79. The number of fused-ring (bicyclic) bond motifs is 1. The second-order valence-corrected chi connectivity index (χ2v) is 5.25. The first-order chi connectivity index (χ1) is 9.63. The maximum atomic E-state index is 10.8. The second-order valence-electron chi connectivity index (χ2n) is 4.82. The number of halogens is 1. The minimum absolute atomic E-state index is 0.0120. The molecule has 0 bridgehead atoms. The molecule has 1 aliphatic carbocycles. The fraction of sp³-hybridized carbons (Fsp3) is 0.188. The van der Waals surface area contributed by atoms with Crippen LogP contribution in [-0.2, 0) is 6.42 Å². The molecular formula is C16H13ClO3. The first-order valence-electron chi connectivity index (χ1n) is 6.42. The van der Waals surface area contributed by atoms with E-state index in [4.69, 9.17) is 21.4 Å². The molecule has 2 aromatic rings. The summed E-state index contributed by atoms with van der Waals surface area (Å²) in [4.78, 5) is 10.8. The number of hydrogen-bond donors (Lipinski definition) is 1. The monoisotopic (exact) mass is 288 g/mol. The Morgan fingerprint density at radius 2 is 1.95 bits per heavy atom. The van der Waals surface area contributed by atoms with Crippen LogP contribution >= 0.6 is 11.6 Å². The first kappa shape index (κ1) is 13.0. The maximum Gasteiger partial charge on any atom is 0.335 e. The van der Waals surface area contributed by atoms with Crippen molar-refractivity contribution in [2.75, 3.05) is 0 Å². The van der Waals surface area contributed by atoms with E-state index in [9.17, 15) is 4.79 Å². The molecule has 0 spiro atoms. The number of aromatic carboxylic acids is 1. The molecule has 0 aromatic heterocycles. The minimum Gasteiger partial charge on any atom is -0.486 e. The average Bonchev–Trinajstić information content (AvgIpc) is 2.81. The van der Waals surface area contributed by atoms with Gasteiger partial charge in [0.15, 0.2) is 0 Å². The van der Waals surface area contributed by atoms with Crippen LogP contribution in [0.25, 0.3) is 0 Å². The number of carboxylic acid groups (broad SMARTS) is 1. The van der Waals surface area contributed by atoms with Crippen molar-refractivity contribution >= 4 is 17.6 Å². The summed E-state index contributed by atoms with van der Waals surface area (Å²) >= 11 is 5.98. The van der Waals surface area contributed by atoms with Crippen molar-refractivity contribution in [3.63, 3.8) is 0 Å². The van der Waals surface area contributed by atoms with Crippen molar-refractivity contribution in [1.82, 2.24) is 0 Å². The molecule has 0 aliphatic heterocycles. The van der Waals surface area contributed by atoms with E-state index in [0.717, 1.165) is 23.4 Å². The number of rotatable bonds is 3. The Balaban J connectivity index is 1.78. The van der Waals surface area contributed by atoms with Gasteiger partial charge in [-0.15, -0.1) is 0 Å². The van der Waals surface area contributed by atoms with Crippen LogP contribution in [0.2, 0.25) is 5.02 Å². The van der Waals surface area contributed by atoms with Gasteiger partial charge in [0.1, 0.15) is 11.9 Å². The van der Waals surface area contributed by atoms with Gasteiger partial charge in [0, 0.05) is 5.02 Å². The number of carbonyl (C=O) groups is 1. The standard InChI is InChI=1S/C16H13ClO3/c17-12-4-7-14-11(9-12)3-8-15(14)20-13-5-1-10(2-6-13)16(18)19/h1-2,4-7,9,15H,3,8H2,(H,18,19). The van der Waals surface area contributed by atoms with Crippen LogP contribution in [0.1, 0.15) is 34.0 Å². The fourth-order valence-corrected chi connectivity index (χ4v) is 2.70. The summed E-state index contributed by atoms with van der Waals surface area (Å²) in [7, 11) is 0. The van der Waals surface area contributed by atoms with Crippen molar-refractivity contribution in [3.05, 3.63) is 64.2 Å². The molecule has 2 aromatic carbocycles. The Kier molecular flexibility index (Phi) is 3.36. The zero-order chi connectivity index (χ0) is 14.1. The maximum absolute atomic E-state index is 10.8. The SMILES string of the molecule is O=C(O)c1ccc(OC2CCc3cc(Cl)ccc32)cc1. The van der Waals surface area contributed by atoms with Crippen LogP contribution in [-0.4, -0.2) is 11.1 Å². The lowest BCUT2D eigenvalue weighted by atomic mass is 10.1. The highest BCUT2D eigenvalue weighted by atomic mass is 35.5. The van der Waals surface area contributed by atoms with E-state index in [1.165, 1.54) is 5.56 Å². The van der Waals surface area contributed by atoms with Crippen LogP contribution in [0.4, 0.5) is 0 Å².